The van der Waals surface area contributed by atoms with Gasteiger partial charge in [-0.3, -0.25) is 14.3 Å². The number of hydrogen-bond acceptors (Lipinski definition) is 4. The molecule has 3 aromatic rings. The van der Waals surface area contributed by atoms with Gasteiger partial charge in [0.1, 0.15) is 5.82 Å². The molecular weight excluding hydrogens is 350 g/mol. The molecule has 2 heterocycles. The first-order valence-corrected chi connectivity index (χ1v) is 9.46. The zero-order chi connectivity index (χ0) is 19.5. The monoisotopic (exact) mass is 373 g/mol. The molecule has 0 amide bonds. The van der Waals surface area contributed by atoms with Gasteiger partial charge in [0.05, 0.1) is 16.7 Å². The van der Waals surface area contributed by atoms with E-state index in [0.717, 1.165) is 37.3 Å². The summed E-state index contributed by atoms with van der Waals surface area (Å²) in [6, 6.07) is 17.9. The number of aromatic nitrogens is 2. The second-order valence-electron chi connectivity index (χ2n) is 7.08. The highest BCUT2D eigenvalue weighted by molar-refractivity contribution is 5.82. The number of allylic oxidation sites excluding steroid dienone is 1. The fourth-order valence-corrected chi connectivity index (χ4v) is 3.66. The quantitative estimate of drug-likeness (QED) is 0.701. The van der Waals surface area contributed by atoms with Gasteiger partial charge in [-0.2, -0.15) is 4.98 Å². The van der Waals surface area contributed by atoms with Crippen molar-refractivity contribution in [1.29, 1.82) is 0 Å². The summed E-state index contributed by atoms with van der Waals surface area (Å²) in [7, 11) is 0. The lowest BCUT2D eigenvalue weighted by Gasteiger charge is -2.28. The molecule has 0 aliphatic carbocycles. The number of aliphatic hydroxyl groups is 1. The van der Waals surface area contributed by atoms with Gasteiger partial charge in [-0.15, -0.1) is 0 Å². The molecule has 0 unspecified atom stereocenters. The second-order valence-corrected chi connectivity index (χ2v) is 7.08. The van der Waals surface area contributed by atoms with Crippen LogP contribution in [-0.4, -0.2) is 32.6 Å². The van der Waals surface area contributed by atoms with Gasteiger partial charge in [0, 0.05) is 37.8 Å². The van der Waals surface area contributed by atoms with E-state index >= 15 is 0 Å². The van der Waals surface area contributed by atoms with Crippen LogP contribution in [0.4, 0.5) is 0 Å². The zero-order valence-corrected chi connectivity index (χ0v) is 15.9. The number of hydrogen-bond donors (Lipinski definition) is 1. The Morgan fingerprint density at radius 1 is 1.14 bits per heavy atom. The highest BCUT2D eigenvalue weighted by Gasteiger charge is 2.17. The molecule has 4 rings (SSSR count). The van der Waals surface area contributed by atoms with Crippen molar-refractivity contribution in [2.45, 2.75) is 19.9 Å². The van der Waals surface area contributed by atoms with Crippen molar-refractivity contribution in [1.82, 2.24) is 14.5 Å². The Hall–Kier alpha value is -3.18. The number of fused-ring (bicyclic) bond motifs is 1. The molecule has 0 spiro atoms. The summed E-state index contributed by atoms with van der Waals surface area (Å²) in [5, 5.41) is 10.4. The van der Waals surface area contributed by atoms with Crippen molar-refractivity contribution in [2.75, 3.05) is 13.1 Å². The van der Waals surface area contributed by atoms with E-state index in [2.05, 4.69) is 40.2 Å². The predicted molar refractivity (Wildman–Crippen MR) is 113 cm³/mol. The van der Waals surface area contributed by atoms with Gasteiger partial charge in [0.2, 0.25) is 0 Å². The van der Waals surface area contributed by atoms with Crippen LogP contribution in [0, 0.1) is 0 Å². The summed E-state index contributed by atoms with van der Waals surface area (Å²) in [4.78, 5) is 19.0. The van der Waals surface area contributed by atoms with E-state index in [1.54, 1.807) is 19.1 Å². The van der Waals surface area contributed by atoms with E-state index in [-0.39, 0.29) is 11.3 Å². The normalized spacial score (nSPS) is 15.6. The molecule has 2 aromatic carbocycles. The highest BCUT2D eigenvalue weighted by Crippen LogP contribution is 2.24. The molecule has 1 aliphatic rings. The van der Waals surface area contributed by atoms with E-state index in [1.807, 2.05) is 28.8 Å². The van der Waals surface area contributed by atoms with E-state index in [0.29, 0.717) is 11.2 Å². The molecule has 0 atom stereocenters. The first-order chi connectivity index (χ1) is 13.6. The largest absolute Gasteiger partial charge is 0.512 e. The van der Waals surface area contributed by atoms with Crippen LogP contribution >= 0.6 is 0 Å². The molecule has 1 aliphatic heterocycles. The summed E-state index contributed by atoms with van der Waals surface area (Å²) < 4.78 is 2.00. The predicted octanol–water partition coefficient (Wildman–Crippen LogP) is 4.06. The Balaban J connectivity index is 1.72. The van der Waals surface area contributed by atoms with Gasteiger partial charge in [0.25, 0.3) is 5.56 Å². The maximum atomic E-state index is 12.4. The molecule has 28 heavy (non-hydrogen) atoms. The van der Waals surface area contributed by atoms with Gasteiger partial charge in [-0.25, -0.2) is 0 Å². The number of nitrogens with zero attached hydrogens (tertiary/aromatic N) is 3. The Bertz CT molecular complexity index is 1110. The number of rotatable bonds is 4. The maximum absolute atomic E-state index is 12.4. The fourth-order valence-electron chi connectivity index (χ4n) is 3.66. The summed E-state index contributed by atoms with van der Waals surface area (Å²) in [5.74, 6) is 0.588. The maximum Gasteiger partial charge on any atom is 0.281 e. The van der Waals surface area contributed by atoms with Crippen molar-refractivity contribution >= 4 is 22.7 Å². The van der Waals surface area contributed by atoms with Crippen molar-refractivity contribution < 1.29 is 5.11 Å². The zero-order valence-electron chi connectivity index (χ0n) is 15.9. The van der Waals surface area contributed by atoms with Crippen LogP contribution in [0.25, 0.3) is 22.7 Å². The molecule has 1 N–H and O–H groups in total. The van der Waals surface area contributed by atoms with E-state index in [9.17, 15) is 9.90 Å². The number of aliphatic hydroxyl groups excluding tert-OH is 1. The molecular formula is C23H23N3O2. The Morgan fingerprint density at radius 3 is 2.61 bits per heavy atom. The van der Waals surface area contributed by atoms with Crippen LogP contribution in [-0.2, 0) is 6.54 Å². The van der Waals surface area contributed by atoms with Gasteiger partial charge in [0.15, 0.2) is 0 Å². The minimum absolute atomic E-state index is 0.123. The number of para-hydroxylation sites is 1. The lowest BCUT2D eigenvalue weighted by Crippen LogP contribution is -2.30. The van der Waals surface area contributed by atoms with Crippen LogP contribution in [0.2, 0.25) is 0 Å². The van der Waals surface area contributed by atoms with Crippen molar-refractivity contribution in [3.63, 3.8) is 0 Å². The molecule has 0 bridgehead atoms. The van der Waals surface area contributed by atoms with Crippen molar-refractivity contribution in [3.05, 3.63) is 88.2 Å². The van der Waals surface area contributed by atoms with Crippen LogP contribution in [0.3, 0.4) is 0 Å². The molecule has 5 heteroatoms. The Labute approximate surface area is 163 Å². The average molecular weight is 373 g/mol. The highest BCUT2D eigenvalue weighted by atomic mass is 16.3. The first kappa shape index (κ1) is 18.2. The molecule has 0 fully saturated rings. The summed E-state index contributed by atoms with van der Waals surface area (Å²) in [6.45, 7) is 4.24. The number of benzene rings is 2. The standard InChI is InChI=1S/C23H23N3O2/c1-17(27)15-22-24-23(28)20-9-5-6-10-21(20)26(22)19-11-13-25(14-12-19)16-18-7-3-2-4-8-18/h2-11,15,27H,12-14,16H2,1H3. The lowest BCUT2D eigenvalue weighted by molar-refractivity contribution is 0.291. The lowest BCUT2D eigenvalue weighted by atomic mass is 10.1. The Morgan fingerprint density at radius 2 is 1.89 bits per heavy atom. The van der Waals surface area contributed by atoms with Gasteiger partial charge >= 0.3 is 0 Å². The minimum Gasteiger partial charge on any atom is -0.512 e. The van der Waals surface area contributed by atoms with Crippen LogP contribution in [0.1, 0.15) is 24.7 Å². The molecule has 5 nitrogen and oxygen atoms in total. The third-order valence-electron chi connectivity index (χ3n) is 4.96. The molecule has 0 saturated heterocycles. The van der Waals surface area contributed by atoms with Crippen LogP contribution < -0.4 is 5.56 Å². The van der Waals surface area contributed by atoms with Crippen molar-refractivity contribution in [2.24, 2.45) is 0 Å². The van der Waals surface area contributed by atoms with E-state index in [4.69, 9.17) is 0 Å². The summed E-state index contributed by atoms with van der Waals surface area (Å²) >= 11 is 0. The van der Waals surface area contributed by atoms with Crippen molar-refractivity contribution in [3.8, 4) is 0 Å². The van der Waals surface area contributed by atoms with Gasteiger partial charge in [-0.05, 0) is 24.6 Å². The first-order valence-electron chi connectivity index (χ1n) is 9.46. The minimum atomic E-state index is -0.276. The second kappa shape index (κ2) is 7.82. The van der Waals surface area contributed by atoms with E-state index < -0.39 is 0 Å². The van der Waals surface area contributed by atoms with Crippen LogP contribution in [0.5, 0.6) is 0 Å². The smallest absolute Gasteiger partial charge is 0.281 e. The molecule has 1 aromatic heterocycles. The fraction of sp³-hybridized carbons (Fsp3) is 0.217. The molecule has 0 saturated carbocycles. The topological polar surface area (TPSA) is 58.4 Å². The third-order valence-corrected chi connectivity index (χ3v) is 4.96. The Kier molecular flexibility index (Phi) is 5.08. The van der Waals surface area contributed by atoms with Gasteiger partial charge in [-0.1, -0.05) is 48.5 Å². The van der Waals surface area contributed by atoms with Gasteiger partial charge < -0.3 is 5.11 Å². The van der Waals surface area contributed by atoms with Crippen LogP contribution in [0.15, 0.2) is 71.2 Å². The molecule has 142 valence electrons. The van der Waals surface area contributed by atoms with E-state index in [1.165, 1.54) is 5.56 Å². The summed E-state index contributed by atoms with van der Waals surface area (Å²) in [5.41, 5.74) is 2.94. The average Bonchev–Trinajstić information content (AvgIpc) is 2.70. The SMILES string of the molecule is CC(O)=Cc1nc(=O)c2ccccc2n1C1=CCN(Cc2ccccc2)CC1. The molecule has 0 radical (unpaired) electrons. The third kappa shape index (κ3) is 3.75. The summed E-state index contributed by atoms with van der Waals surface area (Å²) in [6.07, 6.45) is 4.58.